The van der Waals surface area contributed by atoms with E-state index in [4.69, 9.17) is 9.57 Å². The maximum absolute atomic E-state index is 11.8. The lowest BCUT2D eigenvalue weighted by Crippen LogP contribution is -2.41. The SMILES string of the molecule is CC(C)(C)C(=O)ON1CCC(Oc2ccc([N+](=O)[O-])cn2)CC1. The standard InChI is InChI=1S/C15H21N3O5/c1-15(2,3)14(19)23-17-8-6-12(7-9-17)22-13-5-4-11(10-16-13)18(20)21/h4-5,10,12H,6-9H2,1-3H3. The number of nitro groups is 1. The van der Waals surface area contributed by atoms with E-state index in [0.717, 1.165) is 0 Å². The van der Waals surface area contributed by atoms with Gasteiger partial charge in [0.25, 0.3) is 5.69 Å². The topological polar surface area (TPSA) is 94.8 Å². The molecule has 8 nitrogen and oxygen atoms in total. The highest BCUT2D eigenvalue weighted by molar-refractivity contribution is 5.75. The number of ether oxygens (including phenoxy) is 1. The first-order valence-corrected chi connectivity index (χ1v) is 7.50. The van der Waals surface area contributed by atoms with E-state index < -0.39 is 10.3 Å². The summed E-state index contributed by atoms with van der Waals surface area (Å²) in [6.07, 6.45) is 2.51. The van der Waals surface area contributed by atoms with Crippen molar-refractivity contribution in [2.45, 2.75) is 39.7 Å². The minimum Gasteiger partial charge on any atom is -0.474 e. The number of hydrogen-bond acceptors (Lipinski definition) is 7. The van der Waals surface area contributed by atoms with Gasteiger partial charge in [-0.3, -0.25) is 10.1 Å². The number of piperidine rings is 1. The molecule has 1 aromatic heterocycles. The van der Waals surface area contributed by atoms with E-state index in [2.05, 4.69) is 4.98 Å². The summed E-state index contributed by atoms with van der Waals surface area (Å²) in [6.45, 7) is 6.60. The van der Waals surface area contributed by atoms with E-state index in [1.165, 1.54) is 18.3 Å². The Hall–Kier alpha value is -2.22. The molecule has 1 aromatic rings. The molecule has 0 saturated carbocycles. The zero-order valence-electron chi connectivity index (χ0n) is 13.5. The van der Waals surface area contributed by atoms with Gasteiger partial charge in [-0.25, -0.2) is 9.78 Å². The van der Waals surface area contributed by atoms with Crippen molar-refractivity contribution in [3.8, 4) is 5.88 Å². The summed E-state index contributed by atoms with van der Waals surface area (Å²) in [5.41, 5.74) is -0.600. The van der Waals surface area contributed by atoms with Gasteiger partial charge in [-0.05, 0) is 20.8 Å². The molecule has 1 fully saturated rings. The summed E-state index contributed by atoms with van der Waals surface area (Å²) < 4.78 is 5.71. The van der Waals surface area contributed by atoms with Crippen LogP contribution in [0.2, 0.25) is 0 Å². The van der Waals surface area contributed by atoms with Crippen molar-refractivity contribution in [2.75, 3.05) is 13.1 Å². The average molecular weight is 323 g/mol. The second-order valence-electron chi connectivity index (χ2n) is 6.49. The molecule has 126 valence electrons. The number of carbonyl (C=O) groups is 1. The summed E-state index contributed by atoms with van der Waals surface area (Å²) in [5.74, 6) is 0.106. The Bertz CT molecular complexity index is 559. The zero-order valence-corrected chi connectivity index (χ0v) is 13.5. The van der Waals surface area contributed by atoms with Crippen LogP contribution < -0.4 is 4.74 Å². The van der Waals surface area contributed by atoms with Crippen molar-refractivity contribution < 1.29 is 19.3 Å². The van der Waals surface area contributed by atoms with E-state index in [0.29, 0.717) is 31.8 Å². The predicted molar refractivity (Wildman–Crippen MR) is 81.7 cm³/mol. The van der Waals surface area contributed by atoms with Gasteiger partial charge in [-0.15, -0.1) is 5.06 Å². The summed E-state index contributed by atoms with van der Waals surface area (Å²) >= 11 is 0. The van der Waals surface area contributed by atoms with Gasteiger partial charge in [-0.2, -0.15) is 0 Å². The van der Waals surface area contributed by atoms with Crippen molar-refractivity contribution in [1.82, 2.24) is 10.0 Å². The molecule has 1 saturated heterocycles. The predicted octanol–water partition coefficient (Wildman–Crippen LogP) is 2.34. The highest BCUT2D eigenvalue weighted by atomic mass is 16.7. The molecule has 2 heterocycles. The lowest BCUT2D eigenvalue weighted by Gasteiger charge is -2.32. The van der Waals surface area contributed by atoms with Crippen LogP contribution >= 0.6 is 0 Å². The third-order valence-corrected chi connectivity index (χ3v) is 3.44. The van der Waals surface area contributed by atoms with Gasteiger partial charge in [0.2, 0.25) is 5.88 Å². The Morgan fingerprint density at radius 1 is 1.35 bits per heavy atom. The molecule has 0 unspecified atom stereocenters. The number of rotatable bonds is 4. The third-order valence-electron chi connectivity index (χ3n) is 3.44. The van der Waals surface area contributed by atoms with Gasteiger partial charge in [-0.1, -0.05) is 0 Å². The molecule has 1 aliphatic rings. The smallest absolute Gasteiger partial charge is 0.330 e. The largest absolute Gasteiger partial charge is 0.474 e. The fourth-order valence-electron chi connectivity index (χ4n) is 2.02. The Morgan fingerprint density at radius 2 is 2.00 bits per heavy atom. The molecule has 0 spiro atoms. The van der Waals surface area contributed by atoms with Gasteiger partial charge < -0.3 is 9.57 Å². The monoisotopic (exact) mass is 323 g/mol. The number of nitrogens with zero attached hydrogens (tertiary/aromatic N) is 3. The molecule has 8 heteroatoms. The number of aromatic nitrogens is 1. The molecule has 0 amide bonds. The summed E-state index contributed by atoms with van der Waals surface area (Å²) in [6, 6.07) is 2.85. The van der Waals surface area contributed by atoms with E-state index in [1.54, 1.807) is 5.06 Å². The van der Waals surface area contributed by atoms with Crippen LogP contribution in [0.25, 0.3) is 0 Å². The van der Waals surface area contributed by atoms with Crippen LogP contribution in [0.15, 0.2) is 18.3 Å². The summed E-state index contributed by atoms with van der Waals surface area (Å²) in [7, 11) is 0. The van der Waals surface area contributed by atoms with Crippen molar-refractivity contribution in [1.29, 1.82) is 0 Å². The molecule has 2 rings (SSSR count). The lowest BCUT2D eigenvalue weighted by atomic mass is 9.98. The lowest BCUT2D eigenvalue weighted by molar-refractivity contribution is -0.385. The fraction of sp³-hybridized carbons (Fsp3) is 0.600. The second kappa shape index (κ2) is 6.91. The van der Waals surface area contributed by atoms with Gasteiger partial charge in [0.15, 0.2) is 0 Å². The van der Waals surface area contributed by atoms with Crippen LogP contribution in [0.3, 0.4) is 0 Å². The van der Waals surface area contributed by atoms with Gasteiger partial charge in [0.1, 0.15) is 12.3 Å². The molecule has 23 heavy (non-hydrogen) atoms. The molecule has 1 aliphatic heterocycles. The first-order chi connectivity index (χ1) is 10.8. The third kappa shape index (κ3) is 4.88. The fourth-order valence-corrected chi connectivity index (χ4v) is 2.02. The highest BCUT2D eigenvalue weighted by Crippen LogP contribution is 2.21. The van der Waals surface area contributed by atoms with E-state index in [9.17, 15) is 14.9 Å². The normalized spacial score (nSPS) is 16.8. The number of pyridine rings is 1. The van der Waals surface area contributed by atoms with Crippen LogP contribution in [0.5, 0.6) is 5.88 Å². The molecule has 0 N–H and O–H groups in total. The van der Waals surface area contributed by atoms with Crippen molar-refractivity contribution in [2.24, 2.45) is 5.41 Å². The minimum absolute atomic E-state index is 0.0476. The van der Waals surface area contributed by atoms with E-state index in [1.807, 2.05) is 20.8 Å². The van der Waals surface area contributed by atoms with E-state index in [-0.39, 0.29) is 17.8 Å². The Balaban J connectivity index is 1.80. The Kier molecular flexibility index (Phi) is 5.15. The first-order valence-electron chi connectivity index (χ1n) is 7.50. The summed E-state index contributed by atoms with van der Waals surface area (Å²) in [4.78, 5) is 31.2. The Morgan fingerprint density at radius 3 is 2.48 bits per heavy atom. The second-order valence-corrected chi connectivity index (χ2v) is 6.49. The molecule has 0 bridgehead atoms. The molecule has 0 radical (unpaired) electrons. The van der Waals surface area contributed by atoms with Gasteiger partial charge in [0, 0.05) is 38.1 Å². The van der Waals surface area contributed by atoms with Crippen LogP contribution in [-0.4, -0.2) is 40.1 Å². The highest BCUT2D eigenvalue weighted by Gasteiger charge is 2.29. The molecule has 0 atom stereocenters. The van der Waals surface area contributed by atoms with E-state index >= 15 is 0 Å². The first kappa shape index (κ1) is 17.1. The number of carbonyl (C=O) groups excluding carboxylic acids is 1. The quantitative estimate of drug-likeness (QED) is 0.620. The zero-order chi connectivity index (χ0) is 17.0. The molecule has 0 aliphatic carbocycles. The maximum atomic E-state index is 11.8. The van der Waals surface area contributed by atoms with Gasteiger partial charge in [0.05, 0.1) is 10.3 Å². The van der Waals surface area contributed by atoms with Crippen molar-refractivity contribution in [3.63, 3.8) is 0 Å². The molecular formula is C15H21N3O5. The molecule has 0 aromatic carbocycles. The number of hydroxylamine groups is 2. The van der Waals surface area contributed by atoms with Gasteiger partial charge >= 0.3 is 5.97 Å². The maximum Gasteiger partial charge on any atom is 0.330 e. The van der Waals surface area contributed by atoms with Crippen LogP contribution in [0.4, 0.5) is 5.69 Å². The van der Waals surface area contributed by atoms with Crippen molar-refractivity contribution >= 4 is 11.7 Å². The van der Waals surface area contributed by atoms with Crippen LogP contribution in [-0.2, 0) is 9.63 Å². The number of hydrogen-bond donors (Lipinski definition) is 0. The average Bonchev–Trinajstić information content (AvgIpc) is 2.49. The van der Waals surface area contributed by atoms with Crippen LogP contribution in [0.1, 0.15) is 33.6 Å². The Labute approximate surface area is 134 Å². The van der Waals surface area contributed by atoms with Crippen LogP contribution in [0, 0.1) is 15.5 Å². The summed E-state index contributed by atoms with van der Waals surface area (Å²) in [5, 5.41) is 12.2. The molecular weight excluding hydrogens is 302 g/mol. The minimum atomic E-state index is -0.532. The van der Waals surface area contributed by atoms with Crippen molar-refractivity contribution in [3.05, 3.63) is 28.4 Å².